The highest BCUT2D eigenvalue weighted by Gasteiger charge is 2.14. The van der Waals surface area contributed by atoms with Gasteiger partial charge in [0.1, 0.15) is 0 Å². The molecule has 1 amide bonds. The normalized spacial score (nSPS) is 12.8. The molecule has 3 nitrogen and oxygen atoms in total. The summed E-state index contributed by atoms with van der Waals surface area (Å²) < 4.78 is 0. The highest BCUT2D eigenvalue weighted by Crippen LogP contribution is 2.17. The van der Waals surface area contributed by atoms with Gasteiger partial charge in [-0.25, -0.2) is 0 Å². The van der Waals surface area contributed by atoms with Crippen molar-refractivity contribution < 1.29 is 4.79 Å². The monoisotopic (exact) mass is 350 g/mol. The van der Waals surface area contributed by atoms with E-state index in [0.29, 0.717) is 6.54 Å². The lowest BCUT2D eigenvalue weighted by molar-refractivity contribution is -0.120. The van der Waals surface area contributed by atoms with Crippen LogP contribution in [0.5, 0.6) is 0 Å². The van der Waals surface area contributed by atoms with Crippen LogP contribution in [0.2, 0.25) is 0 Å². The first-order valence-electron chi connectivity index (χ1n) is 7.40. The van der Waals surface area contributed by atoms with E-state index < -0.39 is 0 Å². The summed E-state index contributed by atoms with van der Waals surface area (Å²) in [7, 11) is 0. The van der Waals surface area contributed by atoms with Crippen molar-refractivity contribution in [3.05, 3.63) is 71.8 Å². The van der Waals surface area contributed by atoms with E-state index >= 15 is 0 Å². The molecule has 2 rings (SSSR count). The van der Waals surface area contributed by atoms with E-state index in [4.69, 9.17) is 5.73 Å². The SMILES string of the molecule is CC(SCc1ccccc1)C(=O)NCC(N)c1ccccc1.Cl. The van der Waals surface area contributed by atoms with Crippen LogP contribution in [0.4, 0.5) is 0 Å². The van der Waals surface area contributed by atoms with Crippen molar-refractivity contribution in [2.75, 3.05) is 6.54 Å². The molecule has 0 aliphatic heterocycles. The Morgan fingerprint density at radius 2 is 1.65 bits per heavy atom. The van der Waals surface area contributed by atoms with Gasteiger partial charge in [0.05, 0.1) is 5.25 Å². The molecule has 0 saturated heterocycles. The molecule has 0 heterocycles. The lowest BCUT2D eigenvalue weighted by atomic mass is 10.1. The molecule has 124 valence electrons. The van der Waals surface area contributed by atoms with Crippen molar-refractivity contribution in [1.29, 1.82) is 0 Å². The molecule has 2 atom stereocenters. The molecule has 0 fully saturated rings. The maximum Gasteiger partial charge on any atom is 0.232 e. The lowest BCUT2D eigenvalue weighted by Crippen LogP contribution is -2.36. The summed E-state index contributed by atoms with van der Waals surface area (Å²) in [5.41, 5.74) is 8.35. The van der Waals surface area contributed by atoms with Crippen LogP contribution in [0.1, 0.15) is 24.1 Å². The summed E-state index contributed by atoms with van der Waals surface area (Å²) in [6.45, 7) is 2.38. The maximum atomic E-state index is 12.1. The standard InChI is InChI=1S/C18H22N2OS.ClH/c1-14(22-13-15-8-4-2-5-9-15)18(21)20-12-17(19)16-10-6-3-7-11-16;/h2-11,14,17H,12-13,19H2,1H3,(H,20,21);1H. The van der Waals surface area contributed by atoms with Crippen LogP contribution >= 0.6 is 24.2 Å². The fourth-order valence-corrected chi connectivity index (χ4v) is 2.91. The van der Waals surface area contributed by atoms with Crippen LogP contribution in [0.3, 0.4) is 0 Å². The van der Waals surface area contributed by atoms with Crippen molar-refractivity contribution in [2.45, 2.75) is 24.0 Å². The first-order chi connectivity index (χ1) is 10.7. The van der Waals surface area contributed by atoms with E-state index in [2.05, 4.69) is 17.4 Å². The van der Waals surface area contributed by atoms with Gasteiger partial charge in [0, 0.05) is 18.3 Å². The predicted octanol–water partition coefficient (Wildman–Crippen LogP) is 3.55. The van der Waals surface area contributed by atoms with Gasteiger partial charge in [-0.05, 0) is 18.1 Å². The molecular formula is C18H23ClN2OS. The third-order valence-electron chi connectivity index (χ3n) is 3.44. The third kappa shape index (κ3) is 6.65. The van der Waals surface area contributed by atoms with Crippen LogP contribution in [0.15, 0.2) is 60.7 Å². The summed E-state index contributed by atoms with van der Waals surface area (Å²) in [4.78, 5) is 12.1. The van der Waals surface area contributed by atoms with Gasteiger partial charge in [-0.3, -0.25) is 4.79 Å². The molecule has 2 aromatic carbocycles. The molecule has 5 heteroatoms. The van der Waals surface area contributed by atoms with Crippen LogP contribution < -0.4 is 11.1 Å². The van der Waals surface area contributed by atoms with Crippen molar-refractivity contribution >= 4 is 30.1 Å². The number of hydrogen-bond acceptors (Lipinski definition) is 3. The van der Waals surface area contributed by atoms with E-state index in [1.165, 1.54) is 5.56 Å². The van der Waals surface area contributed by atoms with Gasteiger partial charge < -0.3 is 11.1 Å². The fourth-order valence-electron chi connectivity index (χ4n) is 2.04. The van der Waals surface area contributed by atoms with Crippen LogP contribution in [-0.4, -0.2) is 17.7 Å². The van der Waals surface area contributed by atoms with Crippen LogP contribution in [0, 0.1) is 0 Å². The first-order valence-corrected chi connectivity index (χ1v) is 8.45. The molecule has 0 aromatic heterocycles. The Balaban J connectivity index is 0.00000264. The number of nitrogens with two attached hydrogens (primary N) is 1. The van der Waals surface area contributed by atoms with Gasteiger partial charge >= 0.3 is 0 Å². The summed E-state index contributed by atoms with van der Waals surface area (Å²) >= 11 is 1.63. The Hall–Kier alpha value is -1.49. The largest absolute Gasteiger partial charge is 0.353 e. The summed E-state index contributed by atoms with van der Waals surface area (Å²) in [5.74, 6) is 0.868. The van der Waals surface area contributed by atoms with Crippen molar-refractivity contribution in [3.8, 4) is 0 Å². The number of rotatable bonds is 7. The Labute approximate surface area is 148 Å². The molecular weight excluding hydrogens is 328 g/mol. The zero-order chi connectivity index (χ0) is 15.8. The number of halogens is 1. The number of nitrogens with one attached hydrogen (secondary N) is 1. The minimum atomic E-state index is -0.170. The Kier molecular flexibility index (Phi) is 8.77. The summed E-state index contributed by atoms with van der Waals surface area (Å²) in [6, 6.07) is 19.8. The molecule has 0 saturated carbocycles. The van der Waals surface area contributed by atoms with E-state index in [-0.39, 0.29) is 29.6 Å². The van der Waals surface area contributed by atoms with Gasteiger partial charge in [-0.1, -0.05) is 60.7 Å². The number of amides is 1. The number of benzene rings is 2. The quantitative estimate of drug-likeness (QED) is 0.803. The molecule has 0 radical (unpaired) electrons. The zero-order valence-corrected chi connectivity index (χ0v) is 14.8. The van der Waals surface area contributed by atoms with Gasteiger partial charge in [0.15, 0.2) is 0 Å². The fraction of sp³-hybridized carbons (Fsp3) is 0.278. The van der Waals surface area contributed by atoms with Gasteiger partial charge in [-0.2, -0.15) is 0 Å². The first kappa shape index (κ1) is 19.6. The minimum Gasteiger partial charge on any atom is -0.353 e. The van der Waals surface area contributed by atoms with Crippen molar-refractivity contribution in [2.24, 2.45) is 5.73 Å². The Morgan fingerprint density at radius 3 is 2.26 bits per heavy atom. The van der Waals surface area contributed by atoms with E-state index in [1.54, 1.807) is 11.8 Å². The predicted molar refractivity (Wildman–Crippen MR) is 101 cm³/mol. The van der Waals surface area contributed by atoms with E-state index in [0.717, 1.165) is 11.3 Å². The van der Waals surface area contributed by atoms with Crippen molar-refractivity contribution in [3.63, 3.8) is 0 Å². The molecule has 0 spiro atoms. The number of carbonyl (C=O) groups excluding carboxylic acids is 1. The number of carbonyl (C=O) groups is 1. The highest BCUT2D eigenvalue weighted by atomic mass is 35.5. The highest BCUT2D eigenvalue weighted by molar-refractivity contribution is 7.99. The van der Waals surface area contributed by atoms with Crippen molar-refractivity contribution in [1.82, 2.24) is 5.32 Å². The molecule has 2 aromatic rings. The Bertz CT molecular complexity index is 580. The minimum absolute atomic E-state index is 0. The number of hydrogen-bond donors (Lipinski definition) is 2. The average molecular weight is 351 g/mol. The third-order valence-corrected chi connectivity index (χ3v) is 4.65. The van der Waals surface area contributed by atoms with E-state index in [9.17, 15) is 4.79 Å². The Morgan fingerprint density at radius 1 is 1.09 bits per heavy atom. The second-order valence-electron chi connectivity index (χ2n) is 5.20. The number of thioether (sulfide) groups is 1. The topological polar surface area (TPSA) is 55.1 Å². The molecule has 2 unspecified atom stereocenters. The second kappa shape index (κ2) is 10.3. The van der Waals surface area contributed by atoms with E-state index in [1.807, 2.05) is 55.5 Å². The molecule has 0 aliphatic carbocycles. The molecule has 3 N–H and O–H groups in total. The molecule has 23 heavy (non-hydrogen) atoms. The molecule has 0 aliphatic rings. The summed E-state index contributed by atoms with van der Waals surface area (Å²) in [5, 5.41) is 2.84. The summed E-state index contributed by atoms with van der Waals surface area (Å²) in [6.07, 6.45) is 0. The second-order valence-corrected chi connectivity index (χ2v) is 6.53. The van der Waals surface area contributed by atoms with Gasteiger partial charge in [0.2, 0.25) is 5.91 Å². The average Bonchev–Trinajstić information content (AvgIpc) is 2.58. The lowest BCUT2D eigenvalue weighted by Gasteiger charge is -2.16. The molecule has 0 bridgehead atoms. The van der Waals surface area contributed by atoms with Gasteiger partial charge in [0.25, 0.3) is 0 Å². The smallest absolute Gasteiger partial charge is 0.232 e. The van der Waals surface area contributed by atoms with Gasteiger partial charge in [-0.15, -0.1) is 24.2 Å². The maximum absolute atomic E-state index is 12.1. The van der Waals surface area contributed by atoms with Crippen LogP contribution in [0.25, 0.3) is 0 Å². The van der Waals surface area contributed by atoms with Crippen LogP contribution in [-0.2, 0) is 10.5 Å². The zero-order valence-electron chi connectivity index (χ0n) is 13.1.